The first-order chi connectivity index (χ1) is 9.11. The molecule has 1 aromatic rings. The summed E-state index contributed by atoms with van der Waals surface area (Å²) in [4.78, 5) is 23.2. The number of rotatable bonds is 7. The number of carbonyl (C=O) groups excluding carboxylic acids is 2. The molecule has 1 rings (SSSR count). The Labute approximate surface area is 113 Å². The number of carbonyl (C=O) groups is 2. The van der Waals surface area contributed by atoms with E-state index in [1.54, 1.807) is 6.08 Å². The van der Waals surface area contributed by atoms with Crippen molar-refractivity contribution in [3.8, 4) is 0 Å². The van der Waals surface area contributed by atoms with Gasteiger partial charge in [0.2, 0.25) is 11.8 Å². The van der Waals surface area contributed by atoms with Crippen molar-refractivity contribution in [1.29, 1.82) is 0 Å². The smallest absolute Gasteiger partial charge is 0.224 e. The lowest BCUT2D eigenvalue weighted by atomic mass is 10.0. The van der Waals surface area contributed by atoms with E-state index in [0.717, 1.165) is 5.69 Å². The standard InChI is InChI=1S/C15H20N2O2/c1-3-9-16-14(18)10-12(2)11-15(19)17-13-7-5-4-6-8-13/h3-8,12H,1,9-11H2,2H3,(H,16,18)(H,17,19)/t12-/m0/s1. The maximum Gasteiger partial charge on any atom is 0.224 e. The summed E-state index contributed by atoms with van der Waals surface area (Å²) in [5.74, 6) is -0.122. The van der Waals surface area contributed by atoms with Crippen LogP contribution in [0, 0.1) is 5.92 Å². The van der Waals surface area contributed by atoms with Gasteiger partial charge >= 0.3 is 0 Å². The second-order valence-corrected chi connectivity index (χ2v) is 4.52. The van der Waals surface area contributed by atoms with Crippen LogP contribution >= 0.6 is 0 Å². The van der Waals surface area contributed by atoms with Crippen LogP contribution in [0.25, 0.3) is 0 Å². The van der Waals surface area contributed by atoms with E-state index < -0.39 is 0 Å². The van der Waals surface area contributed by atoms with E-state index in [4.69, 9.17) is 0 Å². The Morgan fingerprint density at radius 2 is 1.84 bits per heavy atom. The first-order valence-electron chi connectivity index (χ1n) is 6.34. The largest absolute Gasteiger partial charge is 0.353 e. The molecule has 0 spiro atoms. The van der Waals surface area contributed by atoms with Gasteiger partial charge in [0, 0.05) is 25.1 Å². The summed E-state index contributed by atoms with van der Waals surface area (Å²) in [6.45, 7) is 5.88. The van der Waals surface area contributed by atoms with Gasteiger partial charge in [0.25, 0.3) is 0 Å². The van der Waals surface area contributed by atoms with Gasteiger partial charge in [-0.05, 0) is 18.1 Å². The molecule has 0 bridgehead atoms. The minimum atomic E-state index is -0.0739. The van der Waals surface area contributed by atoms with Crippen LogP contribution in [0.1, 0.15) is 19.8 Å². The number of benzene rings is 1. The second-order valence-electron chi connectivity index (χ2n) is 4.52. The molecule has 0 unspecified atom stereocenters. The quantitative estimate of drug-likeness (QED) is 0.739. The normalized spacial score (nSPS) is 11.4. The van der Waals surface area contributed by atoms with Gasteiger partial charge in [0.15, 0.2) is 0 Å². The van der Waals surface area contributed by atoms with Gasteiger partial charge < -0.3 is 10.6 Å². The SMILES string of the molecule is C=CCNC(=O)C[C@H](C)CC(=O)Nc1ccccc1. The molecule has 0 aliphatic rings. The van der Waals surface area contributed by atoms with Gasteiger partial charge in [-0.15, -0.1) is 6.58 Å². The lowest BCUT2D eigenvalue weighted by molar-refractivity contribution is -0.122. The summed E-state index contributed by atoms with van der Waals surface area (Å²) in [6.07, 6.45) is 2.30. The Morgan fingerprint density at radius 1 is 1.21 bits per heavy atom. The molecule has 0 radical (unpaired) electrons. The zero-order valence-corrected chi connectivity index (χ0v) is 11.2. The third-order valence-corrected chi connectivity index (χ3v) is 2.57. The Balaban J connectivity index is 2.31. The first kappa shape index (κ1) is 15.0. The number of amides is 2. The zero-order chi connectivity index (χ0) is 14.1. The van der Waals surface area contributed by atoms with Crippen LogP contribution in [-0.2, 0) is 9.59 Å². The van der Waals surface area contributed by atoms with Crippen LogP contribution in [0.5, 0.6) is 0 Å². The molecule has 1 aromatic carbocycles. The van der Waals surface area contributed by atoms with Crippen molar-refractivity contribution in [2.24, 2.45) is 5.92 Å². The molecule has 0 aliphatic carbocycles. The molecule has 1 atom stereocenters. The third kappa shape index (κ3) is 6.41. The lowest BCUT2D eigenvalue weighted by Gasteiger charge is -2.11. The molecule has 0 fully saturated rings. The summed E-state index contributed by atoms with van der Waals surface area (Å²) < 4.78 is 0. The number of para-hydroxylation sites is 1. The molecule has 2 N–H and O–H groups in total. The Kier molecular flexibility index (Phi) is 6.36. The predicted molar refractivity (Wildman–Crippen MR) is 76.7 cm³/mol. The monoisotopic (exact) mass is 260 g/mol. The van der Waals surface area contributed by atoms with Gasteiger partial charge in [0.1, 0.15) is 0 Å². The highest BCUT2D eigenvalue weighted by atomic mass is 16.2. The summed E-state index contributed by atoms with van der Waals surface area (Å²) in [5, 5.41) is 5.50. The average Bonchev–Trinajstić information content (AvgIpc) is 2.37. The van der Waals surface area contributed by atoms with Crippen LogP contribution in [-0.4, -0.2) is 18.4 Å². The van der Waals surface area contributed by atoms with Gasteiger partial charge in [-0.1, -0.05) is 31.2 Å². The maximum atomic E-state index is 11.8. The fourth-order valence-electron chi connectivity index (χ4n) is 1.70. The maximum absolute atomic E-state index is 11.8. The molecular weight excluding hydrogens is 240 g/mol. The van der Waals surface area contributed by atoms with Crippen LogP contribution in [0.15, 0.2) is 43.0 Å². The van der Waals surface area contributed by atoms with Gasteiger partial charge in [-0.25, -0.2) is 0 Å². The molecule has 0 saturated carbocycles. The molecule has 19 heavy (non-hydrogen) atoms. The Bertz CT molecular complexity index is 429. The minimum Gasteiger partial charge on any atom is -0.353 e. The van der Waals surface area contributed by atoms with Gasteiger partial charge in [-0.2, -0.15) is 0 Å². The van der Waals surface area contributed by atoms with Crippen molar-refractivity contribution < 1.29 is 9.59 Å². The second kappa shape index (κ2) is 8.08. The predicted octanol–water partition coefficient (Wildman–Crippen LogP) is 2.34. The topological polar surface area (TPSA) is 58.2 Å². The third-order valence-electron chi connectivity index (χ3n) is 2.57. The molecule has 0 heterocycles. The van der Waals surface area contributed by atoms with Crippen molar-refractivity contribution in [2.75, 3.05) is 11.9 Å². The summed E-state index contributed by atoms with van der Waals surface area (Å²) in [6, 6.07) is 9.28. The van der Waals surface area contributed by atoms with Crippen LogP contribution < -0.4 is 10.6 Å². The highest BCUT2D eigenvalue weighted by Crippen LogP contribution is 2.11. The highest BCUT2D eigenvalue weighted by Gasteiger charge is 2.13. The van der Waals surface area contributed by atoms with E-state index in [1.807, 2.05) is 37.3 Å². The van der Waals surface area contributed by atoms with E-state index in [1.165, 1.54) is 0 Å². The molecule has 2 amide bonds. The van der Waals surface area contributed by atoms with E-state index in [9.17, 15) is 9.59 Å². The van der Waals surface area contributed by atoms with Crippen LogP contribution in [0.4, 0.5) is 5.69 Å². The van der Waals surface area contributed by atoms with Crippen molar-refractivity contribution in [3.63, 3.8) is 0 Å². The Hall–Kier alpha value is -2.10. The van der Waals surface area contributed by atoms with Gasteiger partial charge in [-0.3, -0.25) is 9.59 Å². The molecular formula is C15H20N2O2. The molecule has 0 aliphatic heterocycles. The van der Waals surface area contributed by atoms with Crippen LogP contribution in [0.3, 0.4) is 0 Å². The number of anilines is 1. The van der Waals surface area contributed by atoms with Crippen molar-refractivity contribution >= 4 is 17.5 Å². The van der Waals surface area contributed by atoms with Crippen LogP contribution in [0.2, 0.25) is 0 Å². The van der Waals surface area contributed by atoms with Crippen molar-refractivity contribution in [1.82, 2.24) is 5.32 Å². The molecule has 0 saturated heterocycles. The van der Waals surface area contributed by atoms with E-state index in [2.05, 4.69) is 17.2 Å². The molecule has 0 aromatic heterocycles. The lowest BCUT2D eigenvalue weighted by Crippen LogP contribution is -2.26. The zero-order valence-electron chi connectivity index (χ0n) is 11.2. The Morgan fingerprint density at radius 3 is 2.47 bits per heavy atom. The van der Waals surface area contributed by atoms with E-state index in [-0.39, 0.29) is 17.7 Å². The van der Waals surface area contributed by atoms with Gasteiger partial charge in [0.05, 0.1) is 0 Å². The molecule has 4 heteroatoms. The van der Waals surface area contributed by atoms with E-state index in [0.29, 0.717) is 19.4 Å². The molecule has 4 nitrogen and oxygen atoms in total. The van der Waals surface area contributed by atoms with Crippen molar-refractivity contribution in [2.45, 2.75) is 19.8 Å². The average molecular weight is 260 g/mol. The number of nitrogens with one attached hydrogen (secondary N) is 2. The summed E-state index contributed by atoms with van der Waals surface area (Å²) in [5.41, 5.74) is 0.774. The first-order valence-corrected chi connectivity index (χ1v) is 6.34. The summed E-state index contributed by atoms with van der Waals surface area (Å²) >= 11 is 0. The van der Waals surface area contributed by atoms with E-state index >= 15 is 0 Å². The van der Waals surface area contributed by atoms with Crippen molar-refractivity contribution in [3.05, 3.63) is 43.0 Å². The fraction of sp³-hybridized carbons (Fsp3) is 0.333. The molecule has 102 valence electrons. The number of hydrogen-bond donors (Lipinski definition) is 2. The summed E-state index contributed by atoms with van der Waals surface area (Å²) in [7, 11) is 0. The minimum absolute atomic E-state index is 0.00790. The number of hydrogen-bond acceptors (Lipinski definition) is 2. The highest BCUT2D eigenvalue weighted by molar-refractivity contribution is 5.91. The fourth-order valence-corrected chi connectivity index (χ4v) is 1.70.